The summed E-state index contributed by atoms with van der Waals surface area (Å²) in [5, 5.41) is 0.766. The molecule has 29 heavy (non-hydrogen) atoms. The van der Waals surface area contributed by atoms with Crippen molar-refractivity contribution in [2.75, 3.05) is 50.5 Å². The summed E-state index contributed by atoms with van der Waals surface area (Å²) >= 11 is 3.23. The predicted molar refractivity (Wildman–Crippen MR) is 122 cm³/mol. The van der Waals surface area contributed by atoms with E-state index in [2.05, 4.69) is 24.0 Å². The molecule has 3 aromatic rings. The maximum atomic E-state index is 13.5. The van der Waals surface area contributed by atoms with Gasteiger partial charge in [0, 0.05) is 36.6 Å². The zero-order chi connectivity index (χ0) is 20.2. The normalized spacial score (nSPS) is 15.0. The fourth-order valence-electron chi connectivity index (χ4n) is 3.45. The molecule has 1 fully saturated rings. The molecule has 0 saturated carbocycles. The van der Waals surface area contributed by atoms with Crippen LogP contribution in [-0.4, -0.2) is 61.4 Å². The Bertz CT molecular complexity index is 999. The average Bonchev–Trinajstić information content (AvgIpc) is 3.20. The van der Waals surface area contributed by atoms with Gasteiger partial charge in [0.2, 0.25) is 0 Å². The summed E-state index contributed by atoms with van der Waals surface area (Å²) in [6, 6.07) is 14.0. The number of ether oxygens (including phenoxy) is 1. The molecule has 0 atom stereocenters. The van der Waals surface area contributed by atoms with Crippen molar-refractivity contribution in [3.63, 3.8) is 0 Å². The van der Waals surface area contributed by atoms with Crippen molar-refractivity contribution in [3.8, 4) is 0 Å². The van der Waals surface area contributed by atoms with E-state index in [1.54, 1.807) is 23.1 Å². The van der Waals surface area contributed by atoms with Gasteiger partial charge in [0.15, 0.2) is 5.13 Å². The Hall–Kier alpha value is -1.93. The van der Waals surface area contributed by atoms with Gasteiger partial charge < -0.3 is 4.74 Å². The molecule has 2 heterocycles. The Balaban J connectivity index is 1.65. The summed E-state index contributed by atoms with van der Waals surface area (Å²) in [6.45, 7) is 6.81. The molecule has 1 amide bonds. The third-order valence-electron chi connectivity index (χ3n) is 5.15. The minimum atomic E-state index is 0.00543. The minimum Gasteiger partial charge on any atom is -0.379 e. The molecule has 0 N–H and O–H groups in total. The van der Waals surface area contributed by atoms with E-state index < -0.39 is 0 Å². The van der Waals surface area contributed by atoms with Crippen LogP contribution < -0.4 is 4.90 Å². The zero-order valence-corrected chi connectivity index (χ0v) is 18.4. The molecule has 2 aromatic carbocycles. The first-order valence-electron chi connectivity index (χ1n) is 9.78. The van der Waals surface area contributed by atoms with Gasteiger partial charge in [-0.1, -0.05) is 29.5 Å². The van der Waals surface area contributed by atoms with E-state index in [0.29, 0.717) is 12.1 Å². The molecule has 7 heteroatoms. The molecule has 0 spiro atoms. The molecule has 4 rings (SSSR count). The zero-order valence-electron chi connectivity index (χ0n) is 16.8. The molecular formula is C22H25N3O2S2. The highest BCUT2D eigenvalue weighted by atomic mass is 32.2. The second kappa shape index (κ2) is 9.26. The first-order valence-corrected chi connectivity index (χ1v) is 11.8. The van der Waals surface area contributed by atoms with Crippen molar-refractivity contribution >= 4 is 44.4 Å². The Morgan fingerprint density at radius 1 is 1.24 bits per heavy atom. The number of rotatable bonds is 6. The SMILES string of the molecule is CSc1cccc(C(=O)N(CCN2CCOCC2)c2nc3c(C)cccc3s2)c1. The van der Waals surface area contributed by atoms with Crippen LogP contribution in [0.4, 0.5) is 5.13 Å². The summed E-state index contributed by atoms with van der Waals surface area (Å²) in [7, 11) is 0. The second-order valence-corrected chi connectivity index (χ2v) is 8.95. The molecule has 1 saturated heterocycles. The standard InChI is InChI=1S/C22H25N3O2S2/c1-16-5-3-8-19-20(16)23-22(29-19)25(10-9-24-11-13-27-14-12-24)21(26)17-6-4-7-18(15-17)28-2/h3-8,15H,9-14H2,1-2H3. The van der Waals surface area contributed by atoms with Crippen LogP contribution in [0.25, 0.3) is 10.2 Å². The minimum absolute atomic E-state index is 0.00543. The van der Waals surface area contributed by atoms with Gasteiger partial charge in [-0.25, -0.2) is 4.98 Å². The van der Waals surface area contributed by atoms with Gasteiger partial charge in [-0.05, 0) is 43.0 Å². The number of fused-ring (bicyclic) bond motifs is 1. The van der Waals surface area contributed by atoms with E-state index in [0.717, 1.165) is 58.7 Å². The molecule has 0 aliphatic carbocycles. The molecular weight excluding hydrogens is 402 g/mol. The van der Waals surface area contributed by atoms with E-state index in [1.807, 2.05) is 41.5 Å². The number of carbonyl (C=O) groups excluding carboxylic acids is 1. The molecule has 0 bridgehead atoms. The second-order valence-electron chi connectivity index (χ2n) is 7.06. The van der Waals surface area contributed by atoms with Crippen molar-refractivity contribution < 1.29 is 9.53 Å². The summed E-state index contributed by atoms with van der Waals surface area (Å²) in [6.07, 6.45) is 2.02. The number of nitrogens with zero attached hydrogens (tertiary/aromatic N) is 3. The number of thioether (sulfide) groups is 1. The third kappa shape index (κ3) is 4.64. The predicted octanol–water partition coefficient (Wildman–Crippen LogP) is 4.31. The molecule has 152 valence electrons. The molecule has 1 aliphatic rings. The lowest BCUT2D eigenvalue weighted by Gasteiger charge is -2.29. The first kappa shape index (κ1) is 20.3. The number of thiazole rings is 1. The Labute approximate surface area is 179 Å². The fourth-order valence-corrected chi connectivity index (χ4v) is 4.98. The van der Waals surface area contributed by atoms with E-state index in [4.69, 9.17) is 9.72 Å². The molecule has 5 nitrogen and oxygen atoms in total. The lowest BCUT2D eigenvalue weighted by Crippen LogP contribution is -2.43. The molecule has 1 aromatic heterocycles. The highest BCUT2D eigenvalue weighted by Crippen LogP contribution is 2.31. The van der Waals surface area contributed by atoms with Crippen LogP contribution >= 0.6 is 23.1 Å². The van der Waals surface area contributed by atoms with Gasteiger partial charge in [0.05, 0.1) is 23.4 Å². The summed E-state index contributed by atoms with van der Waals surface area (Å²) in [5.74, 6) is 0.00543. The summed E-state index contributed by atoms with van der Waals surface area (Å²) < 4.78 is 6.56. The average molecular weight is 428 g/mol. The highest BCUT2D eigenvalue weighted by molar-refractivity contribution is 7.98. The number of carbonyl (C=O) groups is 1. The Morgan fingerprint density at radius 2 is 2.03 bits per heavy atom. The van der Waals surface area contributed by atoms with Crippen molar-refractivity contribution in [1.82, 2.24) is 9.88 Å². The number of morpholine rings is 1. The van der Waals surface area contributed by atoms with Crippen molar-refractivity contribution in [3.05, 3.63) is 53.6 Å². The molecule has 0 unspecified atom stereocenters. The van der Waals surface area contributed by atoms with Gasteiger partial charge in [-0.3, -0.25) is 14.6 Å². The van der Waals surface area contributed by atoms with E-state index in [9.17, 15) is 4.79 Å². The van der Waals surface area contributed by atoms with Crippen LogP contribution in [0, 0.1) is 6.92 Å². The first-order chi connectivity index (χ1) is 14.2. The monoisotopic (exact) mass is 427 g/mol. The molecule has 0 radical (unpaired) electrons. The summed E-state index contributed by atoms with van der Waals surface area (Å²) in [4.78, 5) is 23.6. The Kier molecular flexibility index (Phi) is 6.50. The Morgan fingerprint density at radius 3 is 2.79 bits per heavy atom. The van der Waals surface area contributed by atoms with Crippen LogP contribution in [0.1, 0.15) is 15.9 Å². The van der Waals surface area contributed by atoms with Crippen LogP contribution in [0.15, 0.2) is 47.4 Å². The van der Waals surface area contributed by atoms with Crippen LogP contribution in [0.5, 0.6) is 0 Å². The number of hydrogen-bond donors (Lipinski definition) is 0. The van der Waals surface area contributed by atoms with Crippen LogP contribution in [-0.2, 0) is 4.74 Å². The van der Waals surface area contributed by atoms with Crippen LogP contribution in [0.2, 0.25) is 0 Å². The van der Waals surface area contributed by atoms with E-state index in [-0.39, 0.29) is 5.91 Å². The maximum Gasteiger partial charge on any atom is 0.260 e. The van der Waals surface area contributed by atoms with Crippen molar-refractivity contribution in [2.45, 2.75) is 11.8 Å². The van der Waals surface area contributed by atoms with Gasteiger partial charge in [0.1, 0.15) is 0 Å². The number of amides is 1. The van der Waals surface area contributed by atoms with Gasteiger partial charge in [0.25, 0.3) is 5.91 Å². The smallest absolute Gasteiger partial charge is 0.260 e. The van der Waals surface area contributed by atoms with Crippen molar-refractivity contribution in [1.29, 1.82) is 0 Å². The number of aromatic nitrogens is 1. The topological polar surface area (TPSA) is 45.7 Å². The number of hydrogen-bond acceptors (Lipinski definition) is 6. The third-order valence-corrected chi connectivity index (χ3v) is 6.91. The largest absolute Gasteiger partial charge is 0.379 e. The van der Waals surface area contributed by atoms with Crippen LogP contribution in [0.3, 0.4) is 0 Å². The van der Waals surface area contributed by atoms with Gasteiger partial charge in [-0.15, -0.1) is 11.8 Å². The maximum absolute atomic E-state index is 13.5. The van der Waals surface area contributed by atoms with E-state index in [1.165, 1.54) is 0 Å². The lowest BCUT2D eigenvalue weighted by atomic mass is 10.2. The number of benzene rings is 2. The number of anilines is 1. The van der Waals surface area contributed by atoms with Crippen molar-refractivity contribution in [2.24, 2.45) is 0 Å². The quantitative estimate of drug-likeness (QED) is 0.549. The summed E-state index contributed by atoms with van der Waals surface area (Å²) in [5.41, 5.74) is 2.82. The molecule has 1 aliphatic heterocycles. The lowest BCUT2D eigenvalue weighted by molar-refractivity contribution is 0.0391. The number of aryl methyl sites for hydroxylation is 1. The van der Waals surface area contributed by atoms with Gasteiger partial charge >= 0.3 is 0 Å². The number of para-hydroxylation sites is 1. The fraction of sp³-hybridized carbons (Fsp3) is 0.364. The van der Waals surface area contributed by atoms with Gasteiger partial charge in [-0.2, -0.15) is 0 Å². The highest BCUT2D eigenvalue weighted by Gasteiger charge is 2.23. The van der Waals surface area contributed by atoms with E-state index >= 15 is 0 Å².